The number of sulfonamides is 1. The SMILES string of the molecule is Cc1cc2[nH]c(=O)c(=O)[nH]c2cc1S(=O)(=O)Nc1ccc(N2CCOCC2C)c(Cl)c1. The average Bonchev–Trinajstić information content (AvgIpc) is 2.69. The zero-order valence-electron chi connectivity index (χ0n) is 16.9. The molecule has 0 spiro atoms. The van der Waals surface area contributed by atoms with Crippen LogP contribution in [-0.2, 0) is 14.8 Å². The van der Waals surface area contributed by atoms with Gasteiger partial charge in [-0.25, -0.2) is 8.42 Å². The van der Waals surface area contributed by atoms with Crippen molar-refractivity contribution in [1.82, 2.24) is 9.97 Å². The third-order valence-corrected chi connectivity index (χ3v) is 7.01. The number of nitrogens with one attached hydrogen (secondary N) is 3. The Labute approximate surface area is 183 Å². The van der Waals surface area contributed by atoms with E-state index in [0.717, 1.165) is 5.69 Å². The lowest BCUT2D eigenvalue weighted by molar-refractivity contribution is 0.0989. The van der Waals surface area contributed by atoms with Gasteiger partial charge in [0.2, 0.25) is 0 Å². The van der Waals surface area contributed by atoms with Crippen molar-refractivity contribution in [3.63, 3.8) is 0 Å². The number of halogens is 1. The van der Waals surface area contributed by atoms with Gasteiger partial charge in [0.1, 0.15) is 0 Å². The van der Waals surface area contributed by atoms with Crippen molar-refractivity contribution in [2.75, 3.05) is 29.4 Å². The lowest BCUT2D eigenvalue weighted by Crippen LogP contribution is -2.43. The summed E-state index contributed by atoms with van der Waals surface area (Å²) in [7, 11) is -3.98. The number of hydrogen-bond donors (Lipinski definition) is 3. The number of benzene rings is 2. The maximum Gasteiger partial charge on any atom is 0.314 e. The molecule has 1 aromatic heterocycles. The Hall–Kier alpha value is -2.82. The summed E-state index contributed by atoms with van der Waals surface area (Å²) in [5.74, 6) is 0. The highest BCUT2D eigenvalue weighted by Gasteiger charge is 2.23. The van der Waals surface area contributed by atoms with Crippen LogP contribution in [0.3, 0.4) is 0 Å². The Bertz CT molecular complexity index is 1380. The van der Waals surface area contributed by atoms with E-state index in [1.165, 1.54) is 12.1 Å². The van der Waals surface area contributed by atoms with Crippen molar-refractivity contribution in [2.45, 2.75) is 24.8 Å². The molecule has 11 heteroatoms. The van der Waals surface area contributed by atoms with Crippen LogP contribution in [0.1, 0.15) is 12.5 Å². The number of nitrogens with zero attached hydrogens (tertiary/aromatic N) is 1. The van der Waals surface area contributed by atoms with Gasteiger partial charge in [-0.1, -0.05) is 11.6 Å². The molecule has 1 aliphatic heterocycles. The first-order valence-electron chi connectivity index (χ1n) is 9.59. The molecule has 0 aliphatic carbocycles. The Balaban J connectivity index is 1.66. The number of anilines is 2. The van der Waals surface area contributed by atoms with Crippen LogP contribution in [0.4, 0.5) is 11.4 Å². The Morgan fingerprint density at radius 3 is 2.45 bits per heavy atom. The molecule has 2 heterocycles. The summed E-state index contributed by atoms with van der Waals surface area (Å²) in [6, 6.07) is 7.95. The van der Waals surface area contributed by atoms with Crippen LogP contribution in [0.15, 0.2) is 44.8 Å². The lowest BCUT2D eigenvalue weighted by Gasteiger charge is -2.35. The molecule has 1 atom stereocenters. The van der Waals surface area contributed by atoms with Gasteiger partial charge < -0.3 is 19.6 Å². The smallest absolute Gasteiger partial charge is 0.314 e. The first-order valence-corrected chi connectivity index (χ1v) is 11.5. The zero-order chi connectivity index (χ0) is 22.3. The number of aromatic nitrogens is 2. The van der Waals surface area contributed by atoms with E-state index in [2.05, 4.69) is 19.6 Å². The van der Waals surface area contributed by atoms with E-state index >= 15 is 0 Å². The summed E-state index contributed by atoms with van der Waals surface area (Å²) in [4.78, 5) is 30.0. The third kappa shape index (κ3) is 4.18. The van der Waals surface area contributed by atoms with E-state index < -0.39 is 21.1 Å². The molecule has 31 heavy (non-hydrogen) atoms. The van der Waals surface area contributed by atoms with Crippen molar-refractivity contribution in [3.05, 3.63) is 61.6 Å². The molecule has 9 nitrogen and oxygen atoms in total. The van der Waals surface area contributed by atoms with Crippen molar-refractivity contribution in [2.24, 2.45) is 0 Å². The van der Waals surface area contributed by atoms with E-state index in [9.17, 15) is 18.0 Å². The van der Waals surface area contributed by atoms with Crippen molar-refractivity contribution in [3.8, 4) is 0 Å². The van der Waals surface area contributed by atoms with E-state index in [0.29, 0.717) is 41.5 Å². The van der Waals surface area contributed by atoms with Gasteiger partial charge in [-0.2, -0.15) is 0 Å². The summed E-state index contributed by atoms with van der Waals surface area (Å²) in [5.41, 5.74) is 0.427. The lowest BCUT2D eigenvalue weighted by atomic mass is 10.2. The van der Waals surface area contributed by atoms with Crippen LogP contribution in [0, 0.1) is 6.92 Å². The molecule has 1 unspecified atom stereocenters. The summed E-state index contributed by atoms with van der Waals surface area (Å²) < 4.78 is 34.0. The van der Waals surface area contributed by atoms with Gasteiger partial charge in [0.25, 0.3) is 10.0 Å². The maximum atomic E-state index is 13.0. The number of aryl methyl sites for hydroxylation is 1. The molecule has 2 aromatic carbocycles. The van der Waals surface area contributed by atoms with Gasteiger partial charge in [0.15, 0.2) is 0 Å². The number of H-pyrrole nitrogens is 2. The van der Waals surface area contributed by atoms with Crippen molar-refractivity contribution >= 4 is 44.0 Å². The predicted octanol–water partition coefficient (Wildman–Crippen LogP) is 2.20. The van der Waals surface area contributed by atoms with E-state index in [1.807, 2.05) is 6.92 Å². The van der Waals surface area contributed by atoms with Gasteiger partial charge in [-0.05, 0) is 49.7 Å². The topological polar surface area (TPSA) is 124 Å². The quantitative estimate of drug-likeness (QED) is 0.508. The number of hydrogen-bond acceptors (Lipinski definition) is 6. The average molecular weight is 465 g/mol. The first-order chi connectivity index (χ1) is 14.7. The van der Waals surface area contributed by atoms with E-state index in [-0.39, 0.29) is 16.5 Å². The fraction of sp³-hybridized carbons (Fsp3) is 0.300. The van der Waals surface area contributed by atoms with Crippen LogP contribution < -0.4 is 20.7 Å². The van der Waals surface area contributed by atoms with Crippen LogP contribution in [0.25, 0.3) is 11.0 Å². The minimum absolute atomic E-state index is 0.0234. The van der Waals surface area contributed by atoms with Gasteiger partial charge >= 0.3 is 11.1 Å². The number of rotatable bonds is 4. The highest BCUT2D eigenvalue weighted by molar-refractivity contribution is 7.92. The summed E-state index contributed by atoms with van der Waals surface area (Å²) in [6.45, 7) is 5.53. The van der Waals surface area contributed by atoms with Gasteiger partial charge in [-0.15, -0.1) is 0 Å². The van der Waals surface area contributed by atoms with Crippen molar-refractivity contribution in [1.29, 1.82) is 0 Å². The number of fused-ring (bicyclic) bond motifs is 1. The molecule has 3 N–H and O–H groups in total. The largest absolute Gasteiger partial charge is 0.377 e. The van der Waals surface area contributed by atoms with Crippen LogP contribution in [0.5, 0.6) is 0 Å². The number of aromatic amines is 2. The van der Waals surface area contributed by atoms with E-state index in [4.69, 9.17) is 16.3 Å². The standard InChI is InChI=1S/C20H21ClN4O5S/c1-11-7-15-16(23-20(27)19(26)22-15)9-18(11)31(28,29)24-13-3-4-17(14(21)8-13)25-5-6-30-10-12(25)2/h3-4,7-9,12,24H,5-6,10H2,1-2H3,(H,22,26)(H,23,27). The molecule has 0 amide bonds. The number of ether oxygens (including phenoxy) is 1. The highest BCUT2D eigenvalue weighted by Crippen LogP contribution is 2.32. The van der Waals surface area contributed by atoms with Gasteiger partial charge in [0, 0.05) is 12.6 Å². The zero-order valence-corrected chi connectivity index (χ0v) is 18.4. The summed E-state index contributed by atoms with van der Waals surface area (Å²) in [5, 5.41) is 0.422. The molecule has 1 aliphatic rings. The Morgan fingerprint density at radius 1 is 1.13 bits per heavy atom. The second-order valence-corrected chi connectivity index (χ2v) is 9.52. The fourth-order valence-corrected chi connectivity index (χ4v) is 5.23. The molecule has 0 saturated carbocycles. The fourth-order valence-electron chi connectivity index (χ4n) is 3.64. The molecular formula is C20H21ClN4O5S. The monoisotopic (exact) mass is 464 g/mol. The van der Waals surface area contributed by atoms with Crippen LogP contribution in [0.2, 0.25) is 5.02 Å². The van der Waals surface area contributed by atoms with Crippen molar-refractivity contribution < 1.29 is 13.2 Å². The second kappa shape index (κ2) is 8.03. The first kappa shape index (κ1) is 21.4. The predicted molar refractivity (Wildman–Crippen MR) is 120 cm³/mol. The van der Waals surface area contributed by atoms with Crippen LogP contribution in [-0.4, -0.2) is 44.2 Å². The molecular weight excluding hydrogens is 444 g/mol. The highest BCUT2D eigenvalue weighted by atomic mass is 35.5. The molecule has 1 saturated heterocycles. The Morgan fingerprint density at radius 2 is 1.81 bits per heavy atom. The molecule has 0 radical (unpaired) electrons. The van der Waals surface area contributed by atoms with Gasteiger partial charge in [0.05, 0.1) is 45.5 Å². The van der Waals surface area contributed by atoms with Crippen LogP contribution >= 0.6 is 11.6 Å². The molecule has 164 valence electrons. The Kier molecular flexibility index (Phi) is 5.54. The normalized spacial score (nSPS) is 17.1. The summed E-state index contributed by atoms with van der Waals surface area (Å²) in [6.07, 6.45) is 0. The molecule has 1 fully saturated rings. The maximum absolute atomic E-state index is 13.0. The van der Waals surface area contributed by atoms with Gasteiger partial charge in [-0.3, -0.25) is 14.3 Å². The van der Waals surface area contributed by atoms with E-state index in [1.54, 1.807) is 25.1 Å². The second-order valence-electron chi connectivity index (χ2n) is 7.46. The minimum atomic E-state index is -3.98. The minimum Gasteiger partial charge on any atom is -0.377 e. The molecule has 4 rings (SSSR count). The number of morpholine rings is 1. The third-order valence-electron chi connectivity index (χ3n) is 5.18. The summed E-state index contributed by atoms with van der Waals surface area (Å²) >= 11 is 6.45. The molecule has 3 aromatic rings. The molecule has 0 bridgehead atoms.